The molecule has 0 saturated heterocycles. The number of furan rings is 1. The summed E-state index contributed by atoms with van der Waals surface area (Å²) in [6.07, 6.45) is 1.60. The largest absolute Gasteiger partial charge is 0.463 e. The van der Waals surface area contributed by atoms with Crippen molar-refractivity contribution in [3.63, 3.8) is 0 Å². The van der Waals surface area contributed by atoms with Gasteiger partial charge in [0.1, 0.15) is 17.2 Å². The zero-order valence-electron chi connectivity index (χ0n) is 17.2. The van der Waals surface area contributed by atoms with Gasteiger partial charge in [-0.15, -0.1) is 11.3 Å². The molecule has 2 N–H and O–H groups in total. The van der Waals surface area contributed by atoms with Crippen LogP contribution >= 0.6 is 11.3 Å². The number of carbonyl (C=O) groups is 1. The van der Waals surface area contributed by atoms with Crippen LogP contribution in [0.1, 0.15) is 16.2 Å². The second-order valence-corrected chi connectivity index (χ2v) is 8.10. The highest BCUT2D eigenvalue weighted by atomic mass is 32.1. The van der Waals surface area contributed by atoms with Crippen molar-refractivity contribution < 1.29 is 18.7 Å². The summed E-state index contributed by atoms with van der Waals surface area (Å²) in [4.78, 5) is 17.5. The van der Waals surface area contributed by atoms with Crippen LogP contribution in [0.15, 0.2) is 58.5 Å². The third kappa shape index (κ3) is 3.53. The number of benzene rings is 1. The Morgan fingerprint density at radius 1 is 1.15 bits per heavy atom. The maximum absolute atomic E-state index is 12.9. The number of carbonyl (C=O) groups excluding carboxylic acids is 1. The van der Waals surface area contributed by atoms with Crippen LogP contribution in [-0.2, 0) is 0 Å². The highest BCUT2D eigenvalue weighted by Gasteiger charge is 2.19. The fraction of sp³-hybridized carbons (Fsp3) is 0.0909. The molecule has 5 heterocycles. The average Bonchev–Trinajstić information content (AvgIpc) is 3.63. The third-order valence-electron chi connectivity index (χ3n) is 5.01. The van der Waals surface area contributed by atoms with Crippen LogP contribution in [0.5, 0.6) is 11.5 Å². The molecule has 11 heteroatoms. The summed E-state index contributed by atoms with van der Waals surface area (Å²) in [5.74, 6) is 2.16. The Bertz CT molecular complexity index is 1470. The van der Waals surface area contributed by atoms with Crippen molar-refractivity contribution in [2.45, 2.75) is 6.92 Å². The molecule has 0 aliphatic carbocycles. The molecule has 0 spiro atoms. The summed E-state index contributed by atoms with van der Waals surface area (Å²) < 4.78 is 17.8. The van der Waals surface area contributed by atoms with Gasteiger partial charge in [-0.25, -0.2) is 4.98 Å². The number of ether oxygens (including phenoxy) is 2. The molecule has 4 aromatic heterocycles. The fourth-order valence-electron chi connectivity index (χ4n) is 3.46. The number of hydrogen-bond acceptors (Lipinski definition) is 8. The molecule has 1 aliphatic heterocycles. The van der Waals surface area contributed by atoms with Crippen molar-refractivity contribution in [2.24, 2.45) is 0 Å². The molecular weight excluding hydrogens is 444 g/mol. The van der Waals surface area contributed by atoms with Gasteiger partial charge < -0.3 is 19.2 Å². The molecule has 1 amide bonds. The summed E-state index contributed by atoms with van der Waals surface area (Å²) >= 11 is 1.40. The quantitative estimate of drug-likeness (QED) is 0.402. The van der Waals surface area contributed by atoms with Gasteiger partial charge in [0.05, 0.1) is 17.7 Å². The van der Waals surface area contributed by atoms with Crippen LogP contribution in [0, 0.1) is 6.92 Å². The number of aryl methyl sites for hydroxylation is 1. The molecule has 0 saturated carbocycles. The molecule has 1 aliphatic rings. The minimum absolute atomic E-state index is 0.197. The number of anilines is 1. The summed E-state index contributed by atoms with van der Waals surface area (Å²) in [6.45, 7) is 2.04. The van der Waals surface area contributed by atoms with Crippen LogP contribution in [0.2, 0.25) is 0 Å². The fourth-order valence-corrected chi connectivity index (χ4v) is 4.23. The molecule has 1 aromatic carbocycles. The molecule has 0 unspecified atom stereocenters. The highest BCUT2D eigenvalue weighted by molar-refractivity contribution is 7.12. The normalized spacial score (nSPS) is 12.3. The zero-order valence-corrected chi connectivity index (χ0v) is 18.0. The molecule has 33 heavy (non-hydrogen) atoms. The molecule has 0 atom stereocenters. The maximum Gasteiger partial charge on any atom is 0.274 e. The van der Waals surface area contributed by atoms with E-state index in [1.165, 1.54) is 11.3 Å². The minimum atomic E-state index is -0.349. The van der Waals surface area contributed by atoms with Crippen molar-refractivity contribution in [1.29, 1.82) is 0 Å². The molecule has 164 valence electrons. The van der Waals surface area contributed by atoms with Crippen molar-refractivity contribution >= 4 is 23.1 Å². The van der Waals surface area contributed by atoms with Crippen LogP contribution in [0.25, 0.3) is 27.8 Å². The van der Waals surface area contributed by atoms with E-state index >= 15 is 0 Å². The lowest BCUT2D eigenvalue weighted by Crippen LogP contribution is -2.15. The van der Waals surface area contributed by atoms with Gasteiger partial charge in [-0.2, -0.15) is 14.9 Å². The van der Waals surface area contributed by atoms with Gasteiger partial charge in [0.2, 0.25) is 11.9 Å². The number of nitrogens with zero attached hydrogens (tertiary/aromatic N) is 4. The Morgan fingerprint density at radius 3 is 2.94 bits per heavy atom. The molecule has 5 aromatic rings. The van der Waals surface area contributed by atoms with Crippen LogP contribution in [0.3, 0.4) is 0 Å². The average molecular weight is 460 g/mol. The van der Waals surface area contributed by atoms with Gasteiger partial charge in [0, 0.05) is 17.0 Å². The number of amides is 1. The Hall–Kier alpha value is -4.38. The van der Waals surface area contributed by atoms with E-state index in [0.29, 0.717) is 45.3 Å². The Balaban J connectivity index is 1.24. The molecule has 10 nitrogen and oxygen atoms in total. The molecule has 6 rings (SSSR count). The lowest BCUT2D eigenvalue weighted by atomic mass is 10.1. The first-order valence-corrected chi connectivity index (χ1v) is 10.9. The molecule has 0 radical (unpaired) electrons. The Labute approximate surface area is 190 Å². The van der Waals surface area contributed by atoms with Crippen molar-refractivity contribution in [2.75, 3.05) is 12.1 Å². The van der Waals surface area contributed by atoms with E-state index in [9.17, 15) is 4.79 Å². The maximum atomic E-state index is 12.9. The van der Waals surface area contributed by atoms with E-state index in [4.69, 9.17) is 13.9 Å². The third-order valence-corrected chi connectivity index (χ3v) is 5.83. The number of hydrogen-bond donors (Lipinski definition) is 2. The molecular formula is C22H16N6O4S. The van der Waals surface area contributed by atoms with E-state index in [1.807, 2.05) is 36.6 Å². The number of H-pyrrole nitrogens is 1. The summed E-state index contributed by atoms with van der Waals surface area (Å²) in [5, 5.41) is 16.9. The smallest absolute Gasteiger partial charge is 0.274 e. The van der Waals surface area contributed by atoms with Crippen LogP contribution < -0.4 is 14.8 Å². The van der Waals surface area contributed by atoms with E-state index < -0.39 is 0 Å². The topological polar surface area (TPSA) is 120 Å². The van der Waals surface area contributed by atoms with Crippen molar-refractivity contribution in [1.82, 2.24) is 25.0 Å². The van der Waals surface area contributed by atoms with Gasteiger partial charge in [-0.1, -0.05) is 0 Å². The number of rotatable bonds is 5. The molecule has 0 bridgehead atoms. The Morgan fingerprint density at radius 2 is 2.06 bits per heavy atom. The van der Waals surface area contributed by atoms with E-state index in [0.717, 1.165) is 11.3 Å². The van der Waals surface area contributed by atoms with Crippen LogP contribution in [-0.4, -0.2) is 37.7 Å². The zero-order chi connectivity index (χ0) is 22.4. The van der Waals surface area contributed by atoms with Gasteiger partial charge in [-0.3, -0.25) is 9.89 Å². The first kappa shape index (κ1) is 19.3. The minimum Gasteiger partial charge on any atom is -0.463 e. The Kier molecular flexibility index (Phi) is 4.47. The standard InChI is InChI=1S/C22H16N6O4S/c1-12-7-20(28(27-12)22-23-16(10-33-22)17-3-2-6-30-17)24-21(29)15-9-14(25-26-15)13-4-5-18-19(8-13)32-11-31-18/h2-10H,11H2,1H3,(H,24,29)(H,25,26). The number of aromatic amines is 1. The summed E-state index contributed by atoms with van der Waals surface area (Å²) in [6, 6.07) is 12.6. The number of thiazole rings is 1. The van der Waals surface area contributed by atoms with Crippen molar-refractivity contribution in [3.05, 3.63) is 65.5 Å². The second kappa shape index (κ2) is 7.64. The van der Waals surface area contributed by atoms with Gasteiger partial charge >= 0.3 is 0 Å². The van der Waals surface area contributed by atoms with E-state index in [2.05, 4.69) is 25.6 Å². The lowest BCUT2D eigenvalue weighted by molar-refractivity contribution is 0.102. The summed E-state index contributed by atoms with van der Waals surface area (Å²) in [5.41, 5.74) is 3.18. The van der Waals surface area contributed by atoms with Crippen molar-refractivity contribution in [3.8, 4) is 39.3 Å². The van der Waals surface area contributed by atoms with Crippen LogP contribution in [0.4, 0.5) is 5.82 Å². The predicted molar refractivity (Wildman–Crippen MR) is 120 cm³/mol. The SMILES string of the molecule is Cc1cc(NC(=O)c2cc(-c3ccc4c(c3)OCO4)n[nH]2)n(-c2nc(-c3ccco3)cs2)n1. The summed E-state index contributed by atoms with van der Waals surface area (Å²) in [7, 11) is 0. The number of fused-ring (bicyclic) bond motifs is 1. The van der Waals surface area contributed by atoms with Gasteiger partial charge in [0.25, 0.3) is 5.91 Å². The number of nitrogens with one attached hydrogen (secondary N) is 2. The van der Waals surface area contributed by atoms with E-state index in [-0.39, 0.29) is 12.7 Å². The first-order chi connectivity index (χ1) is 16.1. The number of aromatic nitrogens is 5. The predicted octanol–water partition coefficient (Wildman–Crippen LogP) is 4.27. The second-order valence-electron chi connectivity index (χ2n) is 7.26. The highest BCUT2D eigenvalue weighted by Crippen LogP contribution is 2.35. The lowest BCUT2D eigenvalue weighted by Gasteiger charge is -2.05. The van der Waals surface area contributed by atoms with Gasteiger partial charge in [-0.05, 0) is 43.3 Å². The van der Waals surface area contributed by atoms with E-state index in [1.54, 1.807) is 29.1 Å². The monoisotopic (exact) mass is 460 g/mol. The molecule has 0 fully saturated rings. The van der Waals surface area contributed by atoms with Gasteiger partial charge in [0.15, 0.2) is 17.3 Å². The first-order valence-electron chi connectivity index (χ1n) is 9.97.